The second-order valence-electron chi connectivity index (χ2n) is 3.28. The summed E-state index contributed by atoms with van der Waals surface area (Å²) in [6.45, 7) is 2.20. The van der Waals surface area contributed by atoms with Crippen LogP contribution in [-0.4, -0.2) is 22.2 Å². The molecular formula is C10H12N2O2S. The highest BCUT2D eigenvalue weighted by molar-refractivity contribution is 7.18. The second-order valence-corrected chi connectivity index (χ2v) is 4.34. The maximum Gasteiger partial charge on any atom is 0.143 e. The van der Waals surface area contributed by atoms with Crippen LogP contribution in [0.5, 0.6) is 0 Å². The van der Waals surface area contributed by atoms with E-state index in [2.05, 4.69) is 9.97 Å². The van der Waals surface area contributed by atoms with Gasteiger partial charge in [-0.1, -0.05) is 11.3 Å². The molecule has 0 amide bonds. The van der Waals surface area contributed by atoms with Gasteiger partial charge >= 0.3 is 0 Å². The summed E-state index contributed by atoms with van der Waals surface area (Å²) in [6, 6.07) is 3.67. The van der Waals surface area contributed by atoms with Crippen molar-refractivity contribution in [3.05, 3.63) is 22.8 Å². The second kappa shape index (κ2) is 4.22. The van der Waals surface area contributed by atoms with Crippen LogP contribution < -0.4 is 0 Å². The van der Waals surface area contributed by atoms with Crippen LogP contribution in [0.3, 0.4) is 0 Å². The van der Waals surface area contributed by atoms with Crippen LogP contribution in [0.4, 0.5) is 0 Å². The Kier molecular flexibility index (Phi) is 2.95. The number of hydrogen-bond donors (Lipinski definition) is 1. The van der Waals surface area contributed by atoms with Crippen molar-refractivity contribution in [1.82, 2.24) is 9.97 Å². The first-order valence-electron chi connectivity index (χ1n) is 4.64. The van der Waals surface area contributed by atoms with Gasteiger partial charge in [0.05, 0.1) is 18.4 Å². The minimum absolute atomic E-state index is 0.505. The van der Waals surface area contributed by atoms with Crippen molar-refractivity contribution in [2.45, 2.75) is 19.6 Å². The van der Waals surface area contributed by atoms with Crippen molar-refractivity contribution in [2.75, 3.05) is 7.11 Å². The van der Waals surface area contributed by atoms with Crippen molar-refractivity contribution >= 4 is 21.7 Å². The maximum absolute atomic E-state index is 9.39. The van der Waals surface area contributed by atoms with Crippen LogP contribution in [-0.2, 0) is 11.3 Å². The Morgan fingerprint density at radius 2 is 2.27 bits per heavy atom. The third-order valence-electron chi connectivity index (χ3n) is 2.02. The molecule has 2 aromatic rings. The number of fused-ring (bicyclic) bond motifs is 1. The summed E-state index contributed by atoms with van der Waals surface area (Å²) in [7, 11) is 1.64. The smallest absolute Gasteiger partial charge is 0.143 e. The van der Waals surface area contributed by atoms with Crippen LogP contribution in [0.15, 0.2) is 12.1 Å². The van der Waals surface area contributed by atoms with Crippen molar-refractivity contribution < 1.29 is 9.84 Å². The predicted molar refractivity (Wildman–Crippen MR) is 58.8 cm³/mol. The molecule has 0 bridgehead atoms. The molecule has 0 aliphatic heterocycles. The molecule has 1 N–H and O–H groups in total. The molecule has 0 aliphatic rings. The number of nitrogens with zero attached hydrogens (tertiary/aromatic N) is 2. The van der Waals surface area contributed by atoms with Crippen LogP contribution in [0.1, 0.15) is 23.7 Å². The van der Waals surface area contributed by atoms with Crippen LogP contribution in [0, 0.1) is 0 Å². The van der Waals surface area contributed by atoms with Gasteiger partial charge < -0.3 is 9.84 Å². The summed E-state index contributed by atoms with van der Waals surface area (Å²) in [4.78, 5) is 9.53. The van der Waals surface area contributed by atoms with Crippen LogP contribution in [0.2, 0.25) is 0 Å². The van der Waals surface area contributed by atoms with Crippen LogP contribution >= 0.6 is 11.3 Å². The van der Waals surface area contributed by atoms with Crippen molar-refractivity contribution in [1.29, 1.82) is 0 Å². The number of pyridine rings is 1. The fourth-order valence-electron chi connectivity index (χ4n) is 1.29. The lowest BCUT2D eigenvalue weighted by Gasteiger charge is -2.01. The molecule has 15 heavy (non-hydrogen) atoms. The molecule has 0 aliphatic carbocycles. The van der Waals surface area contributed by atoms with Gasteiger partial charge in [0.1, 0.15) is 15.4 Å². The monoisotopic (exact) mass is 224 g/mol. The summed E-state index contributed by atoms with van der Waals surface area (Å²) in [6.07, 6.45) is -0.539. The average Bonchev–Trinajstić information content (AvgIpc) is 2.59. The normalized spacial score (nSPS) is 13.3. The van der Waals surface area contributed by atoms with Gasteiger partial charge in [-0.15, -0.1) is 0 Å². The molecular weight excluding hydrogens is 212 g/mol. The summed E-state index contributed by atoms with van der Waals surface area (Å²) in [5, 5.41) is 10.3. The average molecular weight is 224 g/mol. The standard InChI is InChI=1S/C10H12N2O2S/c1-6(13)7-3-4-8-10(12-7)15-9(11-8)5-14-2/h3-4,6,13H,5H2,1-2H3. The first kappa shape index (κ1) is 10.5. The Morgan fingerprint density at radius 3 is 2.93 bits per heavy atom. The van der Waals surface area contributed by atoms with E-state index in [1.807, 2.05) is 6.07 Å². The van der Waals surface area contributed by atoms with Gasteiger partial charge in [0.25, 0.3) is 0 Å². The lowest BCUT2D eigenvalue weighted by Crippen LogP contribution is -1.93. The van der Waals surface area contributed by atoms with Gasteiger partial charge in [-0.25, -0.2) is 9.97 Å². The van der Waals surface area contributed by atoms with Gasteiger partial charge in [-0.05, 0) is 19.1 Å². The molecule has 0 saturated carbocycles. The topological polar surface area (TPSA) is 55.2 Å². The quantitative estimate of drug-likeness (QED) is 0.865. The van der Waals surface area contributed by atoms with Crippen molar-refractivity contribution in [2.24, 2.45) is 0 Å². The van der Waals surface area contributed by atoms with E-state index >= 15 is 0 Å². The number of thiazole rings is 1. The van der Waals surface area contributed by atoms with E-state index < -0.39 is 6.10 Å². The molecule has 1 atom stereocenters. The maximum atomic E-state index is 9.39. The molecule has 4 nitrogen and oxygen atoms in total. The van der Waals surface area contributed by atoms with E-state index in [1.54, 1.807) is 20.1 Å². The van der Waals surface area contributed by atoms with E-state index in [1.165, 1.54) is 11.3 Å². The lowest BCUT2D eigenvalue weighted by molar-refractivity contribution is 0.184. The third-order valence-corrected chi connectivity index (χ3v) is 2.96. The number of hydrogen-bond acceptors (Lipinski definition) is 5. The summed E-state index contributed by atoms with van der Waals surface area (Å²) in [5.41, 5.74) is 1.53. The van der Waals surface area contributed by atoms with E-state index in [-0.39, 0.29) is 0 Å². The molecule has 2 heterocycles. The molecule has 0 radical (unpaired) electrons. The van der Waals surface area contributed by atoms with E-state index in [0.717, 1.165) is 15.4 Å². The zero-order chi connectivity index (χ0) is 10.8. The minimum atomic E-state index is -0.539. The highest BCUT2D eigenvalue weighted by atomic mass is 32.1. The molecule has 0 aromatic carbocycles. The zero-order valence-electron chi connectivity index (χ0n) is 8.60. The van der Waals surface area contributed by atoms with E-state index in [4.69, 9.17) is 4.74 Å². The molecule has 1 unspecified atom stereocenters. The highest BCUT2D eigenvalue weighted by Crippen LogP contribution is 2.22. The molecule has 0 fully saturated rings. The Balaban J connectivity index is 2.43. The largest absolute Gasteiger partial charge is 0.387 e. The summed E-state index contributed by atoms with van der Waals surface area (Å²) < 4.78 is 5.01. The SMILES string of the molecule is COCc1nc2ccc(C(C)O)nc2s1. The number of aliphatic hydroxyl groups is 1. The molecule has 0 saturated heterocycles. The van der Waals surface area contributed by atoms with Crippen molar-refractivity contribution in [3.8, 4) is 0 Å². The van der Waals surface area contributed by atoms with Gasteiger partial charge in [0.15, 0.2) is 0 Å². The van der Waals surface area contributed by atoms with Gasteiger partial charge in [-0.2, -0.15) is 0 Å². The van der Waals surface area contributed by atoms with Crippen molar-refractivity contribution in [3.63, 3.8) is 0 Å². The number of ether oxygens (including phenoxy) is 1. The van der Waals surface area contributed by atoms with Gasteiger partial charge in [-0.3, -0.25) is 0 Å². The van der Waals surface area contributed by atoms with Gasteiger partial charge in [0, 0.05) is 7.11 Å². The lowest BCUT2D eigenvalue weighted by atomic mass is 10.2. The Hall–Kier alpha value is -1.04. The molecule has 80 valence electrons. The molecule has 0 spiro atoms. The number of rotatable bonds is 3. The molecule has 5 heteroatoms. The first-order valence-corrected chi connectivity index (χ1v) is 5.45. The number of aliphatic hydroxyl groups excluding tert-OH is 1. The Labute approximate surface area is 91.6 Å². The van der Waals surface area contributed by atoms with Gasteiger partial charge in [0.2, 0.25) is 0 Å². The predicted octanol–water partition coefficient (Wildman–Crippen LogP) is 1.89. The van der Waals surface area contributed by atoms with Crippen LogP contribution in [0.25, 0.3) is 10.3 Å². The summed E-state index contributed by atoms with van der Waals surface area (Å²) in [5.74, 6) is 0. The van der Waals surface area contributed by atoms with E-state index in [0.29, 0.717) is 12.3 Å². The van der Waals surface area contributed by atoms with E-state index in [9.17, 15) is 5.11 Å². The zero-order valence-corrected chi connectivity index (χ0v) is 9.41. The molecule has 2 aromatic heterocycles. The highest BCUT2D eigenvalue weighted by Gasteiger charge is 2.08. The number of methoxy groups -OCH3 is 1. The third kappa shape index (κ3) is 2.14. The fraction of sp³-hybridized carbons (Fsp3) is 0.400. The first-order chi connectivity index (χ1) is 7.20. The Morgan fingerprint density at radius 1 is 1.47 bits per heavy atom. The molecule has 2 rings (SSSR count). The minimum Gasteiger partial charge on any atom is -0.387 e. The summed E-state index contributed by atoms with van der Waals surface area (Å²) >= 11 is 1.50. The Bertz CT molecular complexity index is 467. The fourth-order valence-corrected chi connectivity index (χ4v) is 2.21. The number of aromatic nitrogens is 2.